The highest BCUT2D eigenvalue weighted by Crippen LogP contribution is 2.55. The van der Waals surface area contributed by atoms with Gasteiger partial charge in [-0.05, 0) is 78.4 Å². The Morgan fingerprint density at radius 3 is 2.03 bits per heavy atom. The van der Waals surface area contributed by atoms with Crippen LogP contribution in [-0.4, -0.2) is 20.4 Å². The first-order valence-electron chi connectivity index (χ1n) is 9.88. The molecule has 1 aliphatic rings. The summed E-state index contributed by atoms with van der Waals surface area (Å²) >= 11 is 0. The van der Waals surface area contributed by atoms with Crippen LogP contribution in [0.4, 0.5) is 0 Å². The highest BCUT2D eigenvalue weighted by molar-refractivity contribution is 6.02. The second kappa shape index (κ2) is 7.64. The zero-order chi connectivity index (χ0) is 21.4. The van der Waals surface area contributed by atoms with Gasteiger partial charge in [0.25, 0.3) is 0 Å². The second-order valence-electron chi connectivity index (χ2n) is 7.67. The first-order valence-corrected chi connectivity index (χ1v) is 9.88. The topological polar surface area (TPSA) is 80.9 Å². The zero-order valence-electron chi connectivity index (χ0n) is 16.9. The molecule has 4 N–H and O–H groups in total. The molecule has 4 nitrogen and oxygen atoms in total. The molecule has 30 heavy (non-hydrogen) atoms. The molecule has 0 radical (unpaired) electrons. The van der Waals surface area contributed by atoms with Gasteiger partial charge in [0.15, 0.2) is 0 Å². The molecular weight excluding hydrogens is 376 g/mol. The van der Waals surface area contributed by atoms with Crippen molar-refractivity contribution in [3.8, 4) is 23.0 Å². The summed E-state index contributed by atoms with van der Waals surface area (Å²) in [5.74, 6) is 0.305. The second-order valence-corrected chi connectivity index (χ2v) is 7.67. The minimum Gasteiger partial charge on any atom is -0.508 e. The number of hydrogen-bond donors (Lipinski definition) is 4. The molecule has 0 saturated heterocycles. The van der Waals surface area contributed by atoms with Crippen molar-refractivity contribution < 1.29 is 20.4 Å². The summed E-state index contributed by atoms with van der Waals surface area (Å²) in [7, 11) is 0. The Kier molecular flexibility index (Phi) is 5.00. The normalized spacial score (nSPS) is 16.1. The average Bonchev–Trinajstić information content (AvgIpc) is 3.04. The molecule has 4 heteroatoms. The smallest absolute Gasteiger partial charge is 0.124 e. The number of allylic oxidation sites excluding steroid dienone is 4. The Bertz CT molecular complexity index is 1150. The van der Waals surface area contributed by atoms with E-state index in [-0.39, 0.29) is 28.9 Å². The van der Waals surface area contributed by atoms with Crippen molar-refractivity contribution in [3.05, 3.63) is 94.6 Å². The molecule has 0 aromatic heterocycles. The van der Waals surface area contributed by atoms with Gasteiger partial charge in [-0.3, -0.25) is 0 Å². The van der Waals surface area contributed by atoms with Crippen molar-refractivity contribution >= 4 is 11.1 Å². The summed E-state index contributed by atoms with van der Waals surface area (Å²) in [5, 5.41) is 40.4. The molecule has 0 saturated carbocycles. The van der Waals surface area contributed by atoms with Gasteiger partial charge in [0, 0.05) is 17.5 Å². The minimum atomic E-state index is -0.165. The predicted molar refractivity (Wildman–Crippen MR) is 119 cm³/mol. The van der Waals surface area contributed by atoms with E-state index in [1.165, 1.54) is 6.07 Å². The molecule has 4 rings (SSSR count). The van der Waals surface area contributed by atoms with Gasteiger partial charge < -0.3 is 20.4 Å². The number of aromatic hydroxyl groups is 4. The number of benzene rings is 3. The fourth-order valence-electron chi connectivity index (χ4n) is 4.25. The van der Waals surface area contributed by atoms with Crippen LogP contribution >= 0.6 is 0 Å². The quantitative estimate of drug-likeness (QED) is 0.422. The third kappa shape index (κ3) is 3.41. The van der Waals surface area contributed by atoms with Crippen LogP contribution in [0, 0.1) is 0 Å². The van der Waals surface area contributed by atoms with E-state index in [0.717, 1.165) is 39.0 Å². The Morgan fingerprint density at radius 1 is 0.833 bits per heavy atom. The van der Waals surface area contributed by atoms with Crippen LogP contribution in [0.2, 0.25) is 0 Å². The lowest BCUT2D eigenvalue weighted by molar-refractivity contribution is 0.446. The summed E-state index contributed by atoms with van der Waals surface area (Å²) in [5.41, 5.74) is 6.67. The summed E-state index contributed by atoms with van der Waals surface area (Å²) in [6.45, 7) is 4.00. The lowest BCUT2D eigenvalue weighted by Crippen LogP contribution is -2.01. The van der Waals surface area contributed by atoms with E-state index in [0.29, 0.717) is 6.42 Å². The Labute approximate surface area is 175 Å². The molecule has 0 unspecified atom stereocenters. The van der Waals surface area contributed by atoms with E-state index in [9.17, 15) is 20.4 Å². The van der Waals surface area contributed by atoms with Crippen molar-refractivity contribution in [2.75, 3.05) is 0 Å². The molecule has 0 bridgehead atoms. The first kappa shape index (κ1) is 19.6. The van der Waals surface area contributed by atoms with Gasteiger partial charge in [-0.15, -0.1) is 0 Å². The monoisotopic (exact) mass is 400 g/mol. The average molecular weight is 400 g/mol. The van der Waals surface area contributed by atoms with E-state index >= 15 is 0 Å². The molecule has 0 amide bonds. The predicted octanol–water partition coefficient (Wildman–Crippen LogP) is 5.73. The van der Waals surface area contributed by atoms with Crippen LogP contribution in [-0.2, 0) is 6.42 Å². The standard InChI is InChI=1S/C26H24O4/c1-3-15(2)24-25(17-6-10-19(28)11-7-17)21(12-16-4-8-18(27)9-5-16)22-13-20(29)14-23(30)26(22)24/h3-11,13-14,24,27-30H,12H2,1-2H3/b15-3+/t24-/m1/s1. The molecule has 0 heterocycles. The van der Waals surface area contributed by atoms with Gasteiger partial charge in [-0.25, -0.2) is 0 Å². The number of rotatable bonds is 4. The molecule has 1 atom stereocenters. The van der Waals surface area contributed by atoms with E-state index in [2.05, 4.69) is 0 Å². The third-order valence-electron chi connectivity index (χ3n) is 5.78. The number of phenols is 4. The lowest BCUT2D eigenvalue weighted by Gasteiger charge is -2.20. The third-order valence-corrected chi connectivity index (χ3v) is 5.78. The van der Waals surface area contributed by atoms with Crippen LogP contribution in [0.5, 0.6) is 23.0 Å². The molecule has 0 spiro atoms. The van der Waals surface area contributed by atoms with Gasteiger partial charge >= 0.3 is 0 Å². The summed E-state index contributed by atoms with van der Waals surface area (Å²) < 4.78 is 0. The first-order chi connectivity index (χ1) is 14.4. The number of phenolic OH excluding ortho intramolecular Hbond substituents is 4. The van der Waals surface area contributed by atoms with E-state index in [1.807, 2.05) is 44.2 Å². The van der Waals surface area contributed by atoms with Crippen molar-refractivity contribution in [1.82, 2.24) is 0 Å². The maximum absolute atomic E-state index is 10.8. The Hall–Kier alpha value is -3.66. The van der Waals surface area contributed by atoms with Gasteiger partial charge in [-0.1, -0.05) is 35.9 Å². The van der Waals surface area contributed by atoms with E-state index in [4.69, 9.17) is 0 Å². The van der Waals surface area contributed by atoms with Gasteiger partial charge in [-0.2, -0.15) is 0 Å². The van der Waals surface area contributed by atoms with Crippen LogP contribution < -0.4 is 0 Å². The van der Waals surface area contributed by atoms with Crippen molar-refractivity contribution in [1.29, 1.82) is 0 Å². The summed E-state index contributed by atoms with van der Waals surface area (Å²) in [6, 6.07) is 17.2. The van der Waals surface area contributed by atoms with Gasteiger partial charge in [0.1, 0.15) is 23.0 Å². The highest BCUT2D eigenvalue weighted by Gasteiger charge is 2.35. The largest absolute Gasteiger partial charge is 0.508 e. The van der Waals surface area contributed by atoms with Crippen LogP contribution in [0.3, 0.4) is 0 Å². The van der Waals surface area contributed by atoms with E-state index < -0.39 is 0 Å². The van der Waals surface area contributed by atoms with E-state index in [1.54, 1.807) is 30.3 Å². The van der Waals surface area contributed by atoms with Crippen molar-refractivity contribution in [2.24, 2.45) is 0 Å². The van der Waals surface area contributed by atoms with Crippen LogP contribution in [0.15, 0.2) is 72.3 Å². The zero-order valence-corrected chi connectivity index (χ0v) is 16.9. The molecule has 0 fully saturated rings. The van der Waals surface area contributed by atoms with Gasteiger partial charge in [0.2, 0.25) is 0 Å². The lowest BCUT2D eigenvalue weighted by atomic mass is 9.84. The van der Waals surface area contributed by atoms with Crippen LogP contribution in [0.1, 0.15) is 42.0 Å². The minimum absolute atomic E-state index is 0.0123. The maximum atomic E-state index is 10.8. The number of hydrogen-bond acceptors (Lipinski definition) is 4. The Balaban J connectivity index is 2.00. The molecule has 3 aromatic carbocycles. The maximum Gasteiger partial charge on any atom is 0.124 e. The SMILES string of the molecule is C/C=C(\C)[C@@H]1C(c2ccc(O)cc2)=C(Cc2ccc(O)cc2)c2cc(O)cc(O)c21. The number of fused-ring (bicyclic) bond motifs is 1. The summed E-state index contributed by atoms with van der Waals surface area (Å²) in [6.07, 6.45) is 2.60. The molecule has 0 aliphatic heterocycles. The molecule has 152 valence electrons. The van der Waals surface area contributed by atoms with Gasteiger partial charge in [0.05, 0.1) is 0 Å². The van der Waals surface area contributed by atoms with Crippen LogP contribution in [0.25, 0.3) is 11.1 Å². The fourth-order valence-corrected chi connectivity index (χ4v) is 4.25. The molecular formula is C26H24O4. The molecule has 1 aliphatic carbocycles. The Morgan fingerprint density at radius 2 is 1.43 bits per heavy atom. The molecule has 3 aromatic rings. The highest BCUT2D eigenvalue weighted by atomic mass is 16.3. The summed E-state index contributed by atoms with van der Waals surface area (Å²) in [4.78, 5) is 0. The van der Waals surface area contributed by atoms with Crippen molar-refractivity contribution in [2.45, 2.75) is 26.2 Å². The van der Waals surface area contributed by atoms with Crippen molar-refractivity contribution in [3.63, 3.8) is 0 Å². The fraction of sp³-hybridized carbons (Fsp3) is 0.154.